The van der Waals surface area contributed by atoms with Crippen molar-refractivity contribution >= 4 is 45.6 Å². The number of halogens is 2. The van der Waals surface area contributed by atoms with Crippen LogP contribution in [-0.4, -0.2) is 30.3 Å². The number of hydrogen-bond donors (Lipinski definition) is 2. The summed E-state index contributed by atoms with van der Waals surface area (Å²) in [5.74, 6) is -0.446. The number of esters is 1. The number of aromatic hydroxyl groups is 1. The van der Waals surface area contributed by atoms with Crippen LogP contribution in [0, 0.1) is 0 Å². The van der Waals surface area contributed by atoms with Crippen LogP contribution in [0.4, 0.5) is 0 Å². The van der Waals surface area contributed by atoms with Gasteiger partial charge in [-0.25, -0.2) is 10.2 Å². The van der Waals surface area contributed by atoms with Crippen molar-refractivity contribution in [3.8, 4) is 17.1 Å². The van der Waals surface area contributed by atoms with E-state index in [4.69, 9.17) is 20.8 Å². The molecule has 1 heterocycles. The Bertz CT molecular complexity index is 1110. The highest BCUT2D eigenvalue weighted by atomic mass is 79.9. The molecule has 2 N–H and O–H groups in total. The number of methoxy groups -OCH3 is 1. The van der Waals surface area contributed by atoms with Crippen LogP contribution in [-0.2, 0) is 4.74 Å². The van der Waals surface area contributed by atoms with Crippen molar-refractivity contribution < 1.29 is 23.8 Å². The van der Waals surface area contributed by atoms with Gasteiger partial charge in [-0.1, -0.05) is 27.5 Å². The fourth-order valence-corrected chi connectivity index (χ4v) is 2.98. The number of carbonyl (C=O) groups is 2. The first-order chi connectivity index (χ1) is 13.9. The van der Waals surface area contributed by atoms with Crippen LogP contribution in [0.5, 0.6) is 5.75 Å². The fraction of sp³-hybridized carbons (Fsp3) is 0.0500. The lowest BCUT2D eigenvalue weighted by Gasteiger charge is -2.04. The van der Waals surface area contributed by atoms with Crippen LogP contribution in [0.25, 0.3) is 11.3 Å². The Labute approximate surface area is 179 Å². The topological polar surface area (TPSA) is 101 Å². The Kier molecular flexibility index (Phi) is 6.36. The monoisotopic (exact) mass is 476 g/mol. The number of amides is 1. The summed E-state index contributed by atoms with van der Waals surface area (Å²) < 4.78 is 11.0. The Morgan fingerprint density at radius 1 is 1.17 bits per heavy atom. The van der Waals surface area contributed by atoms with Gasteiger partial charge in [-0.3, -0.25) is 4.79 Å². The number of nitrogens with one attached hydrogen (secondary N) is 1. The van der Waals surface area contributed by atoms with Crippen molar-refractivity contribution in [2.75, 3.05) is 7.11 Å². The van der Waals surface area contributed by atoms with Crippen molar-refractivity contribution in [1.82, 2.24) is 5.43 Å². The number of benzene rings is 2. The molecule has 0 radical (unpaired) electrons. The molecule has 148 valence electrons. The van der Waals surface area contributed by atoms with Crippen LogP contribution in [0.2, 0.25) is 5.02 Å². The van der Waals surface area contributed by atoms with Crippen LogP contribution in [0.3, 0.4) is 0 Å². The summed E-state index contributed by atoms with van der Waals surface area (Å²) in [6.07, 6.45) is 1.31. The van der Waals surface area contributed by atoms with Crippen molar-refractivity contribution in [3.05, 3.63) is 74.9 Å². The molecule has 29 heavy (non-hydrogen) atoms. The predicted molar refractivity (Wildman–Crippen MR) is 111 cm³/mol. The molecule has 7 nitrogen and oxygen atoms in total. The standard InChI is InChI=1S/C20H14BrClN2O5/c1-28-20(27)14-8-11(2-5-16(14)22)18-7-4-13(29-18)10-23-24-19(26)15-9-12(21)3-6-17(15)25/h2-10,25H,1H3,(H,24,26)/b23-10-. The molecule has 9 heteroatoms. The maximum absolute atomic E-state index is 12.1. The number of ether oxygens (including phenoxy) is 1. The molecule has 3 rings (SSSR count). The molecule has 0 saturated heterocycles. The number of phenols is 1. The molecule has 0 atom stereocenters. The maximum atomic E-state index is 12.1. The third-order valence-corrected chi connectivity index (χ3v) is 4.67. The Morgan fingerprint density at radius 3 is 2.72 bits per heavy atom. The van der Waals surface area contributed by atoms with Gasteiger partial charge in [0.05, 0.1) is 29.5 Å². The van der Waals surface area contributed by atoms with E-state index in [1.165, 1.54) is 25.5 Å². The Balaban J connectivity index is 1.73. The summed E-state index contributed by atoms with van der Waals surface area (Å²) >= 11 is 9.25. The van der Waals surface area contributed by atoms with Gasteiger partial charge < -0.3 is 14.3 Å². The van der Waals surface area contributed by atoms with Crippen molar-refractivity contribution in [1.29, 1.82) is 0 Å². The van der Waals surface area contributed by atoms with E-state index in [9.17, 15) is 14.7 Å². The van der Waals surface area contributed by atoms with Crippen molar-refractivity contribution in [2.24, 2.45) is 5.10 Å². The van der Waals surface area contributed by atoms with Gasteiger partial charge in [0, 0.05) is 10.0 Å². The van der Waals surface area contributed by atoms with Gasteiger partial charge in [-0.2, -0.15) is 5.10 Å². The molecule has 0 aliphatic heterocycles. The molecular formula is C20H14BrClN2O5. The predicted octanol–water partition coefficient (Wildman–Crippen LogP) is 4.62. The number of hydrogen-bond acceptors (Lipinski definition) is 6. The molecular weight excluding hydrogens is 464 g/mol. The van der Waals surface area contributed by atoms with E-state index in [1.807, 2.05) is 0 Å². The number of furan rings is 1. The first-order valence-corrected chi connectivity index (χ1v) is 9.36. The summed E-state index contributed by atoms with van der Waals surface area (Å²) in [6, 6.07) is 12.7. The van der Waals surface area contributed by atoms with Crippen molar-refractivity contribution in [3.63, 3.8) is 0 Å². The molecule has 0 fully saturated rings. The number of hydrazone groups is 1. The highest BCUT2D eigenvalue weighted by Crippen LogP contribution is 2.27. The quantitative estimate of drug-likeness (QED) is 0.317. The number of carbonyl (C=O) groups excluding carboxylic acids is 2. The summed E-state index contributed by atoms with van der Waals surface area (Å²) in [6.45, 7) is 0. The zero-order valence-electron chi connectivity index (χ0n) is 15.0. The molecule has 0 spiro atoms. The van der Waals surface area contributed by atoms with Crippen LogP contribution >= 0.6 is 27.5 Å². The first kappa shape index (κ1) is 20.6. The molecule has 0 bridgehead atoms. The lowest BCUT2D eigenvalue weighted by molar-refractivity contribution is 0.0601. The largest absolute Gasteiger partial charge is 0.507 e. The molecule has 0 aliphatic rings. The summed E-state index contributed by atoms with van der Waals surface area (Å²) in [7, 11) is 1.27. The van der Waals surface area contributed by atoms with Gasteiger partial charge in [0.2, 0.25) is 0 Å². The molecule has 0 aliphatic carbocycles. The molecule has 1 aromatic heterocycles. The van der Waals surface area contributed by atoms with E-state index >= 15 is 0 Å². The molecule has 2 aromatic carbocycles. The first-order valence-electron chi connectivity index (χ1n) is 8.19. The molecule has 0 saturated carbocycles. The van der Waals surface area contributed by atoms with Crippen LogP contribution in [0.15, 0.2) is 62.5 Å². The van der Waals surface area contributed by atoms with E-state index in [0.717, 1.165) is 0 Å². The lowest BCUT2D eigenvalue weighted by Crippen LogP contribution is -2.17. The maximum Gasteiger partial charge on any atom is 0.339 e. The van der Waals surface area contributed by atoms with Crippen LogP contribution < -0.4 is 5.43 Å². The SMILES string of the molecule is COC(=O)c1cc(-c2ccc(/C=N\NC(=O)c3cc(Br)ccc3O)o2)ccc1Cl. The van der Waals surface area contributed by atoms with E-state index in [1.54, 1.807) is 36.4 Å². The second-order valence-electron chi connectivity index (χ2n) is 5.75. The summed E-state index contributed by atoms with van der Waals surface area (Å²) in [4.78, 5) is 23.9. The summed E-state index contributed by atoms with van der Waals surface area (Å²) in [5.41, 5.74) is 3.24. The molecule has 1 amide bonds. The molecule has 0 unspecified atom stereocenters. The average molecular weight is 478 g/mol. The van der Waals surface area contributed by atoms with E-state index < -0.39 is 11.9 Å². The van der Waals surface area contributed by atoms with E-state index in [0.29, 0.717) is 21.6 Å². The third kappa shape index (κ3) is 4.85. The number of phenolic OH excluding ortho intramolecular Hbond substituents is 1. The second kappa shape index (κ2) is 8.93. The lowest BCUT2D eigenvalue weighted by atomic mass is 10.1. The number of rotatable bonds is 5. The van der Waals surface area contributed by atoms with Gasteiger partial charge >= 0.3 is 5.97 Å². The summed E-state index contributed by atoms with van der Waals surface area (Å²) in [5, 5.41) is 13.9. The van der Waals surface area contributed by atoms with E-state index in [2.05, 4.69) is 26.5 Å². The van der Waals surface area contributed by atoms with Gasteiger partial charge in [0.1, 0.15) is 17.3 Å². The minimum Gasteiger partial charge on any atom is -0.507 e. The van der Waals surface area contributed by atoms with Crippen molar-refractivity contribution in [2.45, 2.75) is 0 Å². The molecule has 3 aromatic rings. The minimum absolute atomic E-state index is 0.0770. The minimum atomic E-state index is -0.577. The second-order valence-corrected chi connectivity index (χ2v) is 7.07. The van der Waals surface area contributed by atoms with Gasteiger partial charge in [0.15, 0.2) is 0 Å². The smallest absolute Gasteiger partial charge is 0.339 e. The number of nitrogens with zero attached hydrogens (tertiary/aromatic N) is 1. The van der Waals surface area contributed by atoms with E-state index in [-0.39, 0.29) is 21.9 Å². The zero-order chi connectivity index (χ0) is 21.0. The van der Waals surface area contributed by atoms with Gasteiger partial charge in [0.25, 0.3) is 5.91 Å². The highest BCUT2D eigenvalue weighted by molar-refractivity contribution is 9.10. The van der Waals surface area contributed by atoms with Gasteiger partial charge in [-0.15, -0.1) is 0 Å². The normalized spacial score (nSPS) is 10.9. The Hall–Kier alpha value is -3.10. The van der Waals surface area contributed by atoms with Crippen LogP contribution in [0.1, 0.15) is 26.5 Å². The Morgan fingerprint density at radius 2 is 1.97 bits per heavy atom. The fourth-order valence-electron chi connectivity index (χ4n) is 2.43. The van der Waals surface area contributed by atoms with Gasteiger partial charge in [-0.05, 0) is 48.5 Å². The zero-order valence-corrected chi connectivity index (χ0v) is 17.3. The third-order valence-electron chi connectivity index (χ3n) is 3.84. The average Bonchev–Trinajstić information content (AvgIpc) is 3.18. The highest BCUT2D eigenvalue weighted by Gasteiger charge is 2.14.